The number of carbonyl (C=O) groups excluding carboxylic acids is 2. The van der Waals surface area contributed by atoms with Crippen LogP contribution < -0.4 is 24.8 Å². The van der Waals surface area contributed by atoms with Crippen LogP contribution in [0.3, 0.4) is 0 Å². The average molecular weight is 561 g/mol. The standard InChI is InChI=1S/C31H36N4O6/c1-20-15-35(21(2)18-36)30(37)25-13-23(32-31(38)33-24-10-12-27-28(14-24)40-19-39-27)9-11-26(25)41-29(20)17-34(3)16-22-7-5-4-6-8-22/h4-14,20-21,29,36H,15-19H2,1-3H3,(H2,32,33,38)/t20-,21-,29+/m0/s1. The van der Waals surface area contributed by atoms with Gasteiger partial charge in [-0.15, -0.1) is 0 Å². The van der Waals surface area contributed by atoms with Crippen LogP contribution in [0.1, 0.15) is 29.8 Å². The van der Waals surface area contributed by atoms with Crippen LogP contribution in [0.2, 0.25) is 0 Å². The van der Waals surface area contributed by atoms with Crippen LogP contribution in [0.4, 0.5) is 16.2 Å². The molecule has 3 amide bonds. The van der Waals surface area contributed by atoms with Gasteiger partial charge in [0, 0.05) is 43.0 Å². The van der Waals surface area contributed by atoms with Gasteiger partial charge in [-0.25, -0.2) is 4.79 Å². The van der Waals surface area contributed by atoms with Gasteiger partial charge in [0.05, 0.1) is 18.2 Å². The molecular formula is C31H36N4O6. The Balaban J connectivity index is 1.34. The number of nitrogens with one attached hydrogen (secondary N) is 2. The maximum absolute atomic E-state index is 13.7. The molecule has 0 aromatic heterocycles. The molecule has 41 heavy (non-hydrogen) atoms. The van der Waals surface area contributed by atoms with E-state index >= 15 is 0 Å². The van der Waals surface area contributed by atoms with Crippen molar-refractivity contribution in [2.75, 3.05) is 44.2 Å². The normalized spacial score (nSPS) is 18.7. The highest BCUT2D eigenvalue weighted by atomic mass is 16.7. The molecule has 3 aromatic rings. The minimum Gasteiger partial charge on any atom is -0.488 e. The lowest BCUT2D eigenvalue weighted by atomic mass is 9.99. The zero-order valence-electron chi connectivity index (χ0n) is 23.5. The number of carbonyl (C=O) groups is 2. The first-order valence-electron chi connectivity index (χ1n) is 13.7. The van der Waals surface area contributed by atoms with Crippen molar-refractivity contribution in [2.24, 2.45) is 5.92 Å². The molecule has 2 aliphatic heterocycles. The van der Waals surface area contributed by atoms with Crippen LogP contribution in [-0.4, -0.2) is 72.5 Å². The predicted molar refractivity (Wildman–Crippen MR) is 156 cm³/mol. The van der Waals surface area contributed by atoms with E-state index in [9.17, 15) is 14.7 Å². The van der Waals surface area contributed by atoms with E-state index in [1.807, 2.05) is 32.2 Å². The molecule has 2 aliphatic rings. The van der Waals surface area contributed by atoms with Gasteiger partial charge in [0.15, 0.2) is 11.5 Å². The first kappa shape index (κ1) is 28.3. The Hall–Kier alpha value is -4.28. The summed E-state index contributed by atoms with van der Waals surface area (Å²) in [5, 5.41) is 15.5. The molecule has 0 saturated heterocycles. The molecular weight excluding hydrogens is 524 g/mol. The average Bonchev–Trinajstić information content (AvgIpc) is 3.43. The van der Waals surface area contributed by atoms with E-state index in [1.54, 1.807) is 41.3 Å². The third-order valence-electron chi connectivity index (χ3n) is 7.34. The highest BCUT2D eigenvalue weighted by molar-refractivity contribution is 6.02. The summed E-state index contributed by atoms with van der Waals surface area (Å²) in [4.78, 5) is 30.4. The number of anilines is 2. The van der Waals surface area contributed by atoms with Gasteiger partial charge >= 0.3 is 6.03 Å². The second-order valence-corrected chi connectivity index (χ2v) is 10.7. The molecule has 3 atom stereocenters. The maximum atomic E-state index is 13.7. The Morgan fingerprint density at radius 3 is 2.44 bits per heavy atom. The van der Waals surface area contributed by atoms with Crippen LogP contribution in [0.5, 0.6) is 17.2 Å². The third kappa shape index (κ3) is 6.72. The number of aliphatic hydroxyl groups excluding tert-OH is 1. The first-order chi connectivity index (χ1) is 19.8. The van der Waals surface area contributed by atoms with Crippen LogP contribution in [0.25, 0.3) is 0 Å². The summed E-state index contributed by atoms with van der Waals surface area (Å²) < 4.78 is 17.2. The van der Waals surface area contributed by atoms with Gasteiger partial charge in [-0.3, -0.25) is 9.69 Å². The van der Waals surface area contributed by atoms with Gasteiger partial charge in [0.25, 0.3) is 5.91 Å². The lowest BCUT2D eigenvalue weighted by Crippen LogP contribution is -2.49. The number of hydrogen-bond donors (Lipinski definition) is 3. The molecule has 0 radical (unpaired) electrons. The Labute approximate surface area is 239 Å². The highest BCUT2D eigenvalue weighted by Gasteiger charge is 2.33. The van der Waals surface area contributed by atoms with Crippen LogP contribution in [-0.2, 0) is 6.54 Å². The van der Waals surface area contributed by atoms with Crippen molar-refractivity contribution in [1.82, 2.24) is 9.80 Å². The number of ether oxygens (including phenoxy) is 3. The Bertz CT molecular complexity index is 1380. The summed E-state index contributed by atoms with van der Waals surface area (Å²) in [5.74, 6) is 1.37. The predicted octanol–water partition coefficient (Wildman–Crippen LogP) is 4.41. The maximum Gasteiger partial charge on any atom is 0.323 e. The van der Waals surface area contributed by atoms with Crippen molar-refractivity contribution in [3.05, 3.63) is 77.9 Å². The van der Waals surface area contributed by atoms with E-state index < -0.39 is 6.03 Å². The minimum atomic E-state index is -0.474. The van der Waals surface area contributed by atoms with E-state index in [2.05, 4.69) is 34.6 Å². The monoisotopic (exact) mass is 560 g/mol. The van der Waals surface area contributed by atoms with Gasteiger partial charge < -0.3 is 34.9 Å². The number of aliphatic hydroxyl groups is 1. The minimum absolute atomic E-state index is 0.00426. The number of fused-ring (bicyclic) bond motifs is 2. The molecule has 10 heteroatoms. The first-order valence-corrected chi connectivity index (χ1v) is 13.7. The summed E-state index contributed by atoms with van der Waals surface area (Å²) in [6.45, 7) is 5.69. The van der Waals surface area contributed by atoms with Crippen LogP contribution in [0, 0.1) is 5.92 Å². The lowest BCUT2D eigenvalue weighted by Gasteiger charge is -2.38. The fourth-order valence-electron chi connectivity index (χ4n) is 5.05. The highest BCUT2D eigenvalue weighted by Crippen LogP contribution is 2.34. The lowest BCUT2D eigenvalue weighted by molar-refractivity contribution is 0.0341. The summed E-state index contributed by atoms with van der Waals surface area (Å²) in [5.41, 5.74) is 2.50. The van der Waals surface area contributed by atoms with Gasteiger partial charge in [-0.1, -0.05) is 37.3 Å². The molecule has 3 N–H and O–H groups in total. The number of likely N-dealkylation sites (N-methyl/N-ethyl adjacent to an activating group) is 1. The van der Waals surface area contributed by atoms with E-state index in [1.165, 1.54) is 5.56 Å². The number of hydrogen-bond acceptors (Lipinski definition) is 7. The van der Waals surface area contributed by atoms with Crippen molar-refractivity contribution >= 4 is 23.3 Å². The van der Waals surface area contributed by atoms with Gasteiger partial charge in [-0.05, 0) is 49.9 Å². The number of benzene rings is 3. The molecule has 0 fully saturated rings. The quantitative estimate of drug-likeness (QED) is 0.374. The SMILES string of the molecule is C[C@H]1CN([C@@H](C)CO)C(=O)c2cc(NC(=O)Nc3ccc4c(c3)OCO4)ccc2O[C@@H]1CN(C)Cc1ccccc1. The van der Waals surface area contributed by atoms with Crippen LogP contribution >= 0.6 is 0 Å². The molecule has 0 aliphatic carbocycles. The molecule has 0 bridgehead atoms. The zero-order valence-corrected chi connectivity index (χ0v) is 23.5. The second kappa shape index (κ2) is 12.5. The molecule has 0 unspecified atom stereocenters. The second-order valence-electron chi connectivity index (χ2n) is 10.7. The molecule has 10 nitrogen and oxygen atoms in total. The summed E-state index contributed by atoms with van der Waals surface area (Å²) in [7, 11) is 2.05. The number of rotatable bonds is 8. The number of nitrogens with zero attached hydrogens (tertiary/aromatic N) is 2. The molecule has 5 rings (SSSR count). The topological polar surface area (TPSA) is 113 Å². The molecule has 216 valence electrons. The summed E-state index contributed by atoms with van der Waals surface area (Å²) in [6.07, 6.45) is -0.211. The smallest absolute Gasteiger partial charge is 0.323 e. The molecule has 0 saturated carbocycles. The van der Waals surface area contributed by atoms with Gasteiger partial charge in [-0.2, -0.15) is 0 Å². The third-order valence-corrected chi connectivity index (χ3v) is 7.34. The molecule has 0 spiro atoms. The van der Waals surface area contributed by atoms with Gasteiger partial charge in [0.1, 0.15) is 11.9 Å². The van der Waals surface area contributed by atoms with E-state index in [0.717, 1.165) is 6.54 Å². The fourth-order valence-corrected chi connectivity index (χ4v) is 5.05. The van der Waals surface area contributed by atoms with Gasteiger partial charge in [0.2, 0.25) is 6.79 Å². The Morgan fingerprint density at radius 2 is 1.71 bits per heavy atom. The van der Waals surface area contributed by atoms with Crippen molar-refractivity contribution in [1.29, 1.82) is 0 Å². The summed E-state index contributed by atoms with van der Waals surface area (Å²) in [6, 6.07) is 19.5. The van der Waals surface area contributed by atoms with Crippen LogP contribution in [0.15, 0.2) is 66.7 Å². The van der Waals surface area contributed by atoms with E-state index in [0.29, 0.717) is 47.3 Å². The Kier molecular flexibility index (Phi) is 8.61. The largest absolute Gasteiger partial charge is 0.488 e. The molecule has 3 aromatic carbocycles. The van der Waals surface area contributed by atoms with E-state index in [-0.39, 0.29) is 37.4 Å². The molecule has 2 heterocycles. The van der Waals surface area contributed by atoms with Crippen molar-refractivity contribution in [3.8, 4) is 17.2 Å². The van der Waals surface area contributed by atoms with E-state index in [4.69, 9.17) is 14.2 Å². The number of urea groups is 1. The Morgan fingerprint density at radius 1 is 1.02 bits per heavy atom. The fraction of sp³-hybridized carbons (Fsp3) is 0.355. The summed E-state index contributed by atoms with van der Waals surface area (Å²) >= 11 is 0. The van der Waals surface area contributed by atoms with Crippen molar-refractivity contribution in [2.45, 2.75) is 32.5 Å². The van der Waals surface area contributed by atoms with Crippen molar-refractivity contribution < 1.29 is 28.9 Å². The zero-order chi connectivity index (χ0) is 28.9. The van der Waals surface area contributed by atoms with Crippen molar-refractivity contribution in [3.63, 3.8) is 0 Å². The number of amides is 3.